The SMILES string of the molecule is C=CCOC(=O)C1=C(C)NC(SCC(=O)Nc2cc(C)ccc2C)=C(C#N)C1c1ccccc1OC. The van der Waals surface area contributed by atoms with Crippen molar-refractivity contribution in [1.82, 2.24) is 5.32 Å². The number of methoxy groups -OCH3 is 1. The Morgan fingerprint density at radius 3 is 2.67 bits per heavy atom. The smallest absolute Gasteiger partial charge is 0.337 e. The van der Waals surface area contributed by atoms with Crippen LogP contribution >= 0.6 is 11.8 Å². The maximum atomic E-state index is 13.0. The number of thioether (sulfide) groups is 1. The number of nitrogens with one attached hydrogen (secondary N) is 2. The van der Waals surface area contributed by atoms with E-state index in [4.69, 9.17) is 9.47 Å². The first-order chi connectivity index (χ1) is 17.3. The number of ether oxygens (including phenoxy) is 2. The molecular weight excluding hydrogens is 474 g/mol. The van der Waals surface area contributed by atoms with Gasteiger partial charge >= 0.3 is 5.97 Å². The van der Waals surface area contributed by atoms with E-state index in [1.165, 1.54) is 24.9 Å². The number of anilines is 1. The predicted molar refractivity (Wildman–Crippen MR) is 142 cm³/mol. The van der Waals surface area contributed by atoms with Gasteiger partial charge in [0.25, 0.3) is 0 Å². The molecule has 0 aromatic heterocycles. The van der Waals surface area contributed by atoms with Crippen molar-refractivity contribution >= 4 is 29.3 Å². The number of carbonyl (C=O) groups is 2. The van der Waals surface area contributed by atoms with Crippen molar-refractivity contribution in [2.24, 2.45) is 0 Å². The third-order valence-electron chi connectivity index (χ3n) is 5.66. The average molecular weight is 504 g/mol. The molecule has 0 bridgehead atoms. The second-order valence-corrected chi connectivity index (χ2v) is 9.22. The van der Waals surface area contributed by atoms with E-state index in [9.17, 15) is 14.9 Å². The summed E-state index contributed by atoms with van der Waals surface area (Å²) in [6, 6.07) is 15.3. The second kappa shape index (κ2) is 12.1. The fourth-order valence-electron chi connectivity index (χ4n) is 3.92. The zero-order valence-electron chi connectivity index (χ0n) is 20.8. The van der Waals surface area contributed by atoms with Crippen LogP contribution in [-0.2, 0) is 14.3 Å². The normalized spacial score (nSPS) is 15.0. The fourth-order valence-corrected chi connectivity index (χ4v) is 4.81. The van der Waals surface area contributed by atoms with E-state index in [1.54, 1.807) is 13.0 Å². The van der Waals surface area contributed by atoms with Crippen LogP contribution in [-0.4, -0.2) is 31.3 Å². The summed E-state index contributed by atoms with van der Waals surface area (Å²) in [6.45, 7) is 9.28. The lowest BCUT2D eigenvalue weighted by atomic mass is 9.82. The van der Waals surface area contributed by atoms with Gasteiger partial charge in [0.2, 0.25) is 5.91 Å². The highest BCUT2D eigenvalue weighted by Gasteiger charge is 2.37. The number of benzene rings is 2. The van der Waals surface area contributed by atoms with E-state index in [1.807, 2.05) is 50.2 Å². The molecule has 1 aliphatic heterocycles. The van der Waals surface area contributed by atoms with Crippen LogP contribution in [0.15, 0.2) is 77.0 Å². The number of para-hydroxylation sites is 1. The molecule has 1 atom stereocenters. The Bertz CT molecular complexity index is 1290. The van der Waals surface area contributed by atoms with Gasteiger partial charge in [-0.2, -0.15) is 5.26 Å². The number of nitriles is 1. The van der Waals surface area contributed by atoms with Gasteiger partial charge < -0.3 is 20.1 Å². The highest BCUT2D eigenvalue weighted by molar-refractivity contribution is 8.03. The molecule has 0 aliphatic carbocycles. The highest BCUT2D eigenvalue weighted by Crippen LogP contribution is 2.43. The van der Waals surface area contributed by atoms with Crippen molar-refractivity contribution in [3.05, 3.63) is 93.7 Å². The van der Waals surface area contributed by atoms with E-state index in [2.05, 4.69) is 23.3 Å². The van der Waals surface area contributed by atoms with Gasteiger partial charge in [-0.25, -0.2) is 4.79 Å². The number of hydrogen-bond donors (Lipinski definition) is 2. The van der Waals surface area contributed by atoms with E-state index >= 15 is 0 Å². The topological polar surface area (TPSA) is 100 Å². The van der Waals surface area contributed by atoms with Gasteiger partial charge in [-0.05, 0) is 44.0 Å². The van der Waals surface area contributed by atoms with Gasteiger partial charge in [0.1, 0.15) is 12.4 Å². The minimum Gasteiger partial charge on any atom is -0.496 e. The van der Waals surface area contributed by atoms with Gasteiger partial charge in [0.15, 0.2) is 0 Å². The quantitative estimate of drug-likeness (QED) is 0.362. The van der Waals surface area contributed by atoms with Crippen LogP contribution in [0.2, 0.25) is 0 Å². The molecule has 2 aromatic rings. The predicted octanol–water partition coefficient (Wildman–Crippen LogP) is 5.11. The number of dihydropyridines is 1. The Labute approximate surface area is 215 Å². The minimum atomic E-state index is -0.728. The number of aryl methyl sites for hydroxylation is 2. The molecule has 0 radical (unpaired) electrons. The van der Waals surface area contributed by atoms with Gasteiger partial charge in [-0.1, -0.05) is 54.7 Å². The van der Waals surface area contributed by atoms with Crippen LogP contribution < -0.4 is 15.4 Å². The molecule has 3 rings (SSSR count). The van der Waals surface area contributed by atoms with Crippen LogP contribution in [0, 0.1) is 25.2 Å². The number of nitrogens with zero attached hydrogens (tertiary/aromatic N) is 1. The average Bonchev–Trinajstić information content (AvgIpc) is 2.87. The largest absolute Gasteiger partial charge is 0.496 e. The van der Waals surface area contributed by atoms with Gasteiger partial charge in [0, 0.05) is 16.9 Å². The molecule has 36 heavy (non-hydrogen) atoms. The molecule has 0 fully saturated rings. The Kier molecular flexibility index (Phi) is 8.98. The zero-order chi connectivity index (χ0) is 26.2. The number of rotatable bonds is 9. The number of esters is 1. The molecule has 186 valence electrons. The molecule has 1 amide bonds. The molecule has 1 heterocycles. The summed E-state index contributed by atoms with van der Waals surface area (Å²) in [5, 5.41) is 16.8. The van der Waals surface area contributed by atoms with Gasteiger partial charge in [-0.15, -0.1) is 0 Å². The van der Waals surface area contributed by atoms with E-state index < -0.39 is 11.9 Å². The molecule has 8 heteroatoms. The standard InChI is InChI=1S/C28H29N3O4S/c1-6-13-35-28(33)25-19(4)30-27(21(15-29)26(25)20-9-7-8-10-23(20)34-5)36-16-24(32)31-22-14-17(2)11-12-18(22)3/h6-12,14,26,30H,1,13,16H2,2-5H3,(H,31,32). The first-order valence-corrected chi connectivity index (χ1v) is 12.3. The summed E-state index contributed by atoms with van der Waals surface area (Å²) >= 11 is 1.21. The van der Waals surface area contributed by atoms with E-state index in [0.29, 0.717) is 33.2 Å². The van der Waals surface area contributed by atoms with Crippen molar-refractivity contribution in [2.75, 3.05) is 24.8 Å². The van der Waals surface area contributed by atoms with Crippen LogP contribution in [0.5, 0.6) is 5.75 Å². The van der Waals surface area contributed by atoms with Crippen molar-refractivity contribution in [2.45, 2.75) is 26.7 Å². The second-order valence-electron chi connectivity index (χ2n) is 8.24. The lowest BCUT2D eigenvalue weighted by Crippen LogP contribution is -2.29. The number of amides is 1. The maximum absolute atomic E-state index is 13.0. The molecule has 2 N–H and O–H groups in total. The molecule has 1 aliphatic rings. The van der Waals surface area contributed by atoms with Crippen LogP contribution in [0.25, 0.3) is 0 Å². The molecule has 2 aromatic carbocycles. The first-order valence-electron chi connectivity index (χ1n) is 11.3. The van der Waals surface area contributed by atoms with Crippen LogP contribution in [0.3, 0.4) is 0 Å². The zero-order valence-corrected chi connectivity index (χ0v) is 21.6. The summed E-state index contributed by atoms with van der Waals surface area (Å²) in [6.07, 6.45) is 1.49. The number of allylic oxidation sites excluding steroid dienone is 2. The third kappa shape index (κ3) is 5.99. The Balaban J connectivity index is 1.95. The minimum absolute atomic E-state index is 0.0417. The lowest BCUT2D eigenvalue weighted by Gasteiger charge is -2.30. The summed E-state index contributed by atoms with van der Waals surface area (Å²) in [5.41, 5.74) is 4.56. The Morgan fingerprint density at radius 1 is 1.22 bits per heavy atom. The van der Waals surface area contributed by atoms with Crippen LogP contribution in [0.4, 0.5) is 5.69 Å². The maximum Gasteiger partial charge on any atom is 0.337 e. The summed E-state index contributed by atoms with van der Waals surface area (Å²) in [5.74, 6) is -0.874. The first kappa shape index (κ1) is 26.6. The highest BCUT2D eigenvalue weighted by atomic mass is 32.2. The summed E-state index contributed by atoms with van der Waals surface area (Å²) in [7, 11) is 1.54. The van der Waals surface area contributed by atoms with Crippen molar-refractivity contribution in [3.63, 3.8) is 0 Å². The molecule has 0 saturated heterocycles. The van der Waals surface area contributed by atoms with Crippen molar-refractivity contribution in [3.8, 4) is 11.8 Å². The van der Waals surface area contributed by atoms with Crippen molar-refractivity contribution < 1.29 is 19.1 Å². The Hall–Kier alpha value is -3.96. The number of hydrogen-bond acceptors (Lipinski definition) is 7. The van der Waals surface area contributed by atoms with E-state index in [-0.39, 0.29) is 18.3 Å². The van der Waals surface area contributed by atoms with Gasteiger partial charge in [-0.3, -0.25) is 4.79 Å². The summed E-state index contributed by atoms with van der Waals surface area (Å²) < 4.78 is 10.9. The lowest BCUT2D eigenvalue weighted by molar-refractivity contribution is -0.138. The molecule has 0 saturated carbocycles. The molecular formula is C28H29N3O4S. The van der Waals surface area contributed by atoms with Gasteiger partial charge in [0.05, 0.1) is 41.0 Å². The third-order valence-corrected chi connectivity index (χ3v) is 6.68. The van der Waals surface area contributed by atoms with Crippen LogP contribution in [0.1, 0.15) is 29.5 Å². The molecule has 7 nitrogen and oxygen atoms in total. The number of carbonyl (C=O) groups excluding carboxylic acids is 2. The fraction of sp³-hybridized carbons (Fsp3) is 0.250. The molecule has 0 spiro atoms. The summed E-state index contributed by atoms with van der Waals surface area (Å²) in [4.78, 5) is 25.8. The van der Waals surface area contributed by atoms with Crippen molar-refractivity contribution in [1.29, 1.82) is 5.26 Å². The molecule has 1 unspecified atom stereocenters. The Morgan fingerprint density at radius 2 is 1.97 bits per heavy atom. The van der Waals surface area contributed by atoms with E-state index in [0.717, 1.165) is 16.8 Å². The monoisotopic (exact) mass is 503 g/mol.